The number of benzene rings is 1. The molecule has 0 fully saturated rings. The van der Waals surface area contributed by atoms with Gasteiger partial charge in [-0.05, 0) is 37.4 Å². The van der Waals surface area contributed by atoms with Gasteiger partial charge in [-0.1, -0.05) is 15.9 Å². The van der Waals surface area contributed by atoms with Crippen LogP contribution in [-0.4, -0.2) is 49.6 Å². The van der Waals surface area contributed by atoms with Crippen molar-refractivity contribution in [3.63, 3.8) is 0 Å². The lowest BCUT2D eigenvalue weighted by atomic mass is 10.3. The van der Waals surface area contributed by atoms with Crippen LogP contribution in [0.4, 0.5) is 0 Å². The maximum atomic E-state index is 9.21. The van der Waals surface area contributed by atoms with Gasteiger partial charge >= 0.3 is 0 Å². The maximum Gasteiger partial charge on any atom is 0.183 e. The van der Waals surface area contributed by atoms with E-state index in [1.165, 1.54) is 0 Å². The molecule has 1 aromatic carbocycles. The van der Waals surface area contributed by atoms with Gasteiger partial charge in [0.2, 0.25) is 0 Å². The van der Waals surface area contributed by atoms with Gasteiger partial charge in [0.05, 0.1) is 26.0 Å². The molecule has 2 aromatic heterocycles. The zero-order valence-corrected chi connectivity index (χ0v) is 17.2. The van der Waals surface area contributed by atoms with Gasteiger partial charge in [-0.3, -0.25) is 4.68 Å². The topological polar surface area (TPSA) is 78.0 Å². The van der Waals surface area contributed by atoms with Gasteiger partial charge in [0.25, 0.3) is 0 Å². The van der Waals surface area contributed by atoms with Crippen LogP contribution in [-0.2, 0) is 12.3 Å². The Labute approximate surface area is 164 Å². The molecule has 138 valence electrons. The fraction of sp³-hybridized carbons (Fsp3) is 0.353. The van der Waals surface area contributed by atoms with Gasteiger partial charge in [-0.15, -0.1) is 5.10 Å². The van der Waals surface area contributed by atoms with Gasteiger partial charge in [-0.2, -0.15) is 16.9 Å². The van der Waals surface area contributed by atoms with Crippen molar-refractivity contribution in [2.24, 2.45) is 0 Å². The Morgan fingerprint density at radius 2 is 2.08 bits per heavy atom. The molecular weight excluding hydrogens is 418 g/mol. The molecular formula is C17H20BrN5O2S. The summed E-state index contributed by atoms with van der Waals surface area (Å²) in [4.78, 5) is 4.68. The first-order valence-electron chi connectivity index (χ1n) is 8.01. The molecule has 9 heteroatoms. The van der Waals surface area contributed by atoms with E-state index in [1.54, 1.807) is 28.2 Å². The van der Waals surface area contributed by atoms with Crippen molar-refractivity contribution in [1.29, 1.82) is 0 Å². The van der Waals surface area contributed by atoms with Crippen LogP contribution in [0.1, 0.15) is 11.5 Å². The van der Waals surface area contributed by atoms with Crippen LogP contribution < -0.4 is 4.74 Å². The third kappa shape index (κ3) is 3.79. The predicted molar refractivity (Wildman–Crippen MR) is 106 cm³/mol. The second kappa shape index (κ2) is 8.24. The van der Waals surface area contributed by atoms with E-state index >= 15 is 0 Å². The van der Waals surface area contributed by atoms with Crippen LogP contribution >= 0.6 is 27.7 Å². The normalized spacial score (nSPS) is 11.1. The first-order chi connectivity index (χ1) is 12.6. The molecule has 3 rings (SSSR count). The number of nitrogens with zero attached hydrogens (tertiary/aromatic N) is 5. The lowest BCUT2D eigenvalue weighted by molar-refractivity contribution is 0.268. The summed E-state index contributed by atoms with van der Waals surface area (Å²) in [6, 6.07) is 7.71. The van der Waals surface area contributed by atoms with Gasteiger partial charge in [0.15, 0.2) is 11.6 Å². The lowest BCUT2D eigenvalue weighted by Crippen LogP contribution is -2.06. The van der Waals surface area contributed by atoms with Crippen molar-refractivity contribution >= 4 is 27.7 Å². The fourth-order valence-corrected chi connectivity index (χ4v) is 3.37. The molecule has 2 heterocycles. The summed E-state index contributed by atoms with van der Waals surface area (Å²) in [6.45, 7) is 2.43. The Morgan fingerprint density at radius 3 is 2.77 bits per heavy atom. The summed E-state index contributed by atoms with van der Waals surface area (Å²) in [6.07, 6.45) is 2.01. The van der Waals surface area contributed by atoms with Crippen LogP contribution in [0.2, 0.25) is 0 Å². The van der Waals surface area contributed by atoms with Crippen LogP contribution in [0.5, 0.6) is 5.75 Å². The highest BCUT2D eigenvalue weighted by Gasteiger charge is 2.19. The molecule has 0 saturated carbocycles. The summed E-state index contributed by atoms with van der Waals surface area (Å²) < 4.78 is 9.98. The number of methoxy groups -OCH3 is 1. The number of thioether (sulfide) groups is 1. The molecule has 0 spiro atoms. The van der Waals surface area contributed by atoms with E-state index in [-0.39, 0.29) is 6.61 Å². The number of aromatic nitrogens is 5. The van der Waals surface area contributed by atoms with Crippen LogP contribution in [0.15, 0.2) is 28.7 Å². The van der Waals surface area contributed by atoms with Crippen LogP contribution in [0, 0.1) is 6.92 Å². The maximum absolute atomic E-state index is 9.21. The third-order valence-corrected chi connectivity index (χ3v) is 4.86. The lowest BCUT2D eigenvalue weighted by Gasteiger charge is -2.10. The minimum Gasteiger partial charge on any atom is -0.494 e. The van der Waals surface area contributed by atoms with E-state index in [4.69, 9.17) is 4.74 Å². The molecule has 0 radical (unpaired) electrons. The summed E-state index contributed by atoms with van der Waals surface area (Å²) >= 11 is 5.13. The summed E-state index contributed by atoms with van der Waals surface area (Å²) in [5.41, 5.74) is 2.46. The van der Waals surface area contributed by atoms with Crippen molar-refractivity contribution in [2.45, 2.75) is 19.2 Å². The summed E-state index contributed by atoms with van der Waals surface area (Å²) in [5.74, 6) is 2.77. The Bertz CT molecular complexity index is 909. The molecule has 0 saturated heterocycles. The molecule has 26 heavy (non-hydrogen) atoms. The zero-order chi connectivity index (χ0) is 18.7. The Hall–Kier alpha value is -1.84. The van der Waals surface area contributed by atoms with Gasteiger partial charge < -0.3 is 9.84 Å². The summed E-state index contributed by atoms with van der Waals surface area (Å²) in [5, 5.41) is 18.4. The molecule has 7 nitrogen and oxygen atoms in total. The number of aliphatic hydroxyl groups excluding tert-OH is 1. The molecule has 0 unspecified atom stereocenters. The van der Waals surface area contributed by atoms with E-state index < -0.39 is 0 Å². The molecule has 0 bridgehead atoms. The van der Waals surface area contributed by atoms with Crippen LogP contribution in [0.25, 0.3) is 17.2 Å². The SMILES string of the molecule is COc1cc(Br)ccc1-n1nc(CSC)nc1-c1cc(C)n(CCO)n1. The Balaban J connectivity index is 2.15. The molecule has 0 atom stereocenters. The van der Waals surface area contributed by atoms with Gasteiger partial charge in [0, 0.05) is 10.2 Å². The molecule has 0 aliphatic heterocycles. The van der Waals surface area contributed by atoms with Gasteiger partial charge in [-0.25, -0.2) is 9.67 Å². The number of halogens is 1. The first-order valence-corrected chi connectivity index (χ1v) is 10.2. The zero-order valence-electron chi connectivity index (χ0n) is 14.8. The van der Waals surface area contributed by atoms with E-state index in [0.29, 0.717) is 29.6 Å². The average molecular weight is 438 g/mol. The molecule has 3 aromatic rings. The van der Waals surface area contributed by atoms with E-state index in [1.807, 2.05) is 37.4 Å². The minimum atomic E-state index is 0.0346. The van der Waals surface area contributed by atoms with E-state index in [9.17, 15) is 5.11 Å². The highest BCUT2D eigenvalue weighted by molar-refractivity contribution is 9.10. The van der Waals surface area contributed by atoms with E-state index in [0.717, 1.165) is 21.7 Å². The number of aryl methyl sites for hydroxylation is 1. The van der Waals surface area contributed by atoms with E-state index in [2.05, 4.69) is 31.1 Å². The first kappa shape index (κ1) is 18.9. The number of hydrogen-bond donors (Lipinski definition) is 1. The summed E-state index contributed by atoms with van der Waals surface area (Å²) in [7, 11) is 1.63. The second-order valence-corrected chi connectivity index (χ2v) is 7.41. The van der Waals surface area contributed by atoms with Crippen molar-refractivity contribution in [2.75, 3.05) is 20.0 Å². The van der Waals surface area contributed by atoms with Crippen molar-refractivity contribution in [3.8, 4) is 23.0 Å². The highest BCUT2D eigenvalue weighted by Crippen LogP contribution is 2.30. The fourth-order valence-electron chi connectivity index (χ4n) is 2.65. The third-order valence-electron chi connectivity index (χ3n) is 3.82. The number of aliphatic hydroxyl groups is 1. The smallest absolute Gasteiger partial charge is 0.183 e. The molecule has 0 amide bonds. The van der Waals surface area contributed by atoms with Gasteiger partial charge in [0.1, 0.15) is 17.1 Å². The predicted octanol–water partition coefficient (Wildman–Crippen LogP) is 3.07. The molecule has 0 aliphatic rings. The Kier molecular flexibility index (Phi) is 6.00. The monoisotopic (exact) mass is 437 g/mol. The van der Waals surface area contributed by atoms with Crippen molar-refractivity contribution < 1.29 is 9.84 Å². The second-order valence-electron chi connectivity index (χ2n) is 5.63. The van der Waals surface area contributed by atoms with Crippen molar-refractivity contribution in [1.82, 2.24) is 24.5 Å². The number of rotatable bonds is 7. The molecule has 0 aliphatic carbocycles. The number of hydrogen-bond acceptors (Lipinski definition) is 6. The largest absolute Gasteiger partial charge is 0.494 e. The van der Waals surface area contributed by atoms with Crippen LogP contribution in [0.3, 0.4) is 0 Å². The standard InChI is InChI=1S/C17H20BrN5O2S/c1-11-8-13(20-22(11)6-7-24)17-19-16(10-26-3)21-23(17)14-5-4-12(18)9-15(14)25-2/h4-5,8-9,24H,6-7,10H2,1-3H3. The number of ether oxygens (including phenoxy) is 1. The highest BCUT2D eigenvalue weighted by atomic mass is 79.9. The Morgan fingerprint density at radius 1 is 1.27 bits per heavy atom. The average Bonchev–Trinajstić information content (AvgIpc) is 3.19. The quantitative estimate of drug-likeness (QED) is 0.611. The molecule has 1 N–H and O–H groups in total. The van der Waals surface area contributed by atoms with Crippen molar-refractivity contribution in [3.05, 3.63) is 40.3 Å². The minimum absolute atomic E-state index is 0.0346.